The predicted octanol–water partition coefficient (Wildman–Crippen LogP) is 3.68. The lowest BCUT2D eigenvalue weighted by Crippen LogP contribution is -2.26. The third-order valence-corrected chi connectivity index (χ3v) is 5.01. The second kappa shape index (κ2) is 6.87. The highest BCUT2D eigenvalue weighted by atomic mass is 16.3. The van der Waals surface area contributed by atoms with Crippen LogP contribution in [0.25, 0.3) is 16.6 Å². The summed E-state index contributed by atoms with van der Waals surface area (Å²) in [6, 6.07) is 11.7. The Bertz CT molecular complexity index is 1110. The Balaban J connectivity index is 1.56. The fourth-order valence-electron chi connectivity index (χ4n) is 3.49. The van der Waals surface area contributed by atoms with Gasteiger partial charge in [0, 0.05) is 30.2 Å². The summed E-state index contributed by atoms with van der Waals surface area (Å²) in [4.78, 5) is 19.0. The average Bonchev–Trinajstić information content (AvgIpc) is 3.29. The number of aromatic nitrogens is 3. The van der Waals surface area contributed by atoms with Crippen molar-refractivity contribution in [1.82, 2.24) is 19.5 Å². The highest BCUT2D eigenvalue weighted by molar-refractivity contribution is 5.92. The number of fused-ring (bicyclic) bond motifs is 3. The quantitative estimate of drug-likeness (QED) is 0.543. The Morgan fingerprint density at radius 2 is 2.00 bits per heavy atom. The van der Waals surface area contributed by atoms with Crippen LogP contribution in [0.5, 0.6) is 0 Å². The van der Waals surface area contributed by atoms with E-state index in [0.717, 1.165) is 39.3 Å². The third kappa shape index (κ3) is 3.18. The van der Waals surface area contributed by atoms with Gasteiger partial charge in [-0.3, -0.25) is 4.79 Å². The Morgan fingerprint density at radius 1 is 1.19 bits per heavy atom. The molecule has 0 fully saturated rings. The van der Waals surface area contributed by atoms with E-state index in [4.69, 9.17) is 9.40 Å². The predicted molar refractivity (Wildman–Crippen MR) is 103 cm³/mol. The van der Waals surface area contributed by atoms with Gasteiger partial charge in [-0.1, -0.05) is 12.1 Å². The number of amides is 1. The zero-order valence-corrected chi connectivity index (χ0v) is 15.8. The average molecular weight is 362 g/mol. The summed E-state index contributed by atoms with van der Waals surface area (Å²) in [5, 5.41) is 5.72. The molecule has 1 amide bonds. The van der Waals surface area contributed by atoms with Crippen LogP contribution in [0.3, 0.4) is 0 Å². The number of hydrogen-bond donors (Lipinski definition) is 0. The molecule has 4 aromatic rings. The SMILES string of the molecule is Cc1nc2c3ccccc3nn2c(C)c1CCC(=O)N(C)Cc1ccco1. The molecule has 0 saturated carbocycles. The lowest BCUT2D eigenvalue weighted by atomic mass is 10.1. The van der Waals surface area contributed by atoms with Crippen molar-refractivity contribution in [2.75, 3.05) is 7.05 Å². The van der Waals surface area contributed by atoms with Crippen LogP contribution in [-0.2, 0) is 17.8 Å². The van der Waals surface area contributed by atoms with Gasteiger partial charge in [0.1, 0.15) is 5.76 Å². The maximum absolute atomic E-state index is 12.5. The Labute approximate surface area is 157 Å². The summed E-state index contributed by atoms with van der Waals surface area (Å²) < 4.78 is 7.21. The summed E-state index contributed by atoms with van der Waals surface area (Å²) in [6.45, 7) is 4.52. The first-order chi connectivity index (χ1) is 13.0. The Morgan fingerprint density at radius 3 is 2.78 bits per heavy atom. The van der Waals surface area contributed by atoms with Gasteiger partial charge in [0.15, 0.2) is 5.65 Å². The molecule has 3 aromatic heterocycles. The number of furan rings is 1. The number of hydrogen-bond acceptors (Lipinski definition) is 4. The van der Waals surface area contributed by atoms with Crippen LogP contribution >= 0.6 is 0 Å². The smallest absolute Gasteiger partial charge is 0.223 e. The maximum Gasteiger partial charge on any atom is 0.223 e. The molecule has 0 saturated heterocycles. The minimum atomic E-state index is 0.0796. The van der Waals surface area contributed by atoms with Crippen molar-refractivity contribution in [3.8, 4) is 0 Å². The summed E-state index contributed by atoms with van der Waals surface area (Å²) in [5.74, 6) is 0.862. The van der Waals surface area contributed by atoms with Crippen molar-refractivity contribution in [2.24, 2.45) is 0 Å². The molecule has 1 aromatic carbocycles. The monoisotopic (exact) mass is 362 g/mol. The third-order valence-electron chi connectivity index (χ3n) is 5.01. The minimum absolute atomic E-state index is 0.0796. The van der Waals surface area contributed by atoms with Crippen molar-refractivity contribution < 1.29 is 9.21 Å². The zero-order valence-electron chi connectivity index (χ0n) is 15.8. The molecule has 0 aliphatic carbocycles. The number of nitrogens with zero attached hydrogens (tertiary/aromatic N) is 4. The van der Waals surface area contributed by atoms with Gasteiger partial charge in [-0.2, -0.15) is 5.10 Å². The lowest BCUT2D eigenvalue weighted by Gasteiger charge is -2.17. The minimum Gasteiger partial charge on any atom is -0.467 e. The van der Waals surface area contributed by atoms with Gasteiger partial charge in [-0.15, -0.1) is 0 Å². The molecule has 0 unspecified atom stereocenters. The van der Waals surface area contributed by atoms with Gasteiger partial charge in [-0.05, 0) is 50.1 Å². The molecule has 6 heteroatoms. The number of carbonyl (C=O) groups excluding carboxylic acids is 1. The molecule has 4 rings (SSSR count). The summed E-state index contributed by atoms with van der Waals surface area (Å²) in [7, 11) is 1.80. The van der Waals surface area contributed by atoms with E-state index in [9.17, 15) is 4.79 Å². The normalized spacial score (nSPS) is 11.4. The fraction of sp³-hybridized carbons (Fsp3) is 0.286. The first-order valence-corrected chi connectivity index (χ1v) is 9.04. The van der Waals surface area contributed by atoms with Crippen molar-refractivity contribution in [2.45, 2.75) is 33.2 Å². The molecular weight excluding hydrogens is 340 g/mol. The van der Waals surface area contributed by atoms with E-state index >= 15 is 0 Å². The van der Waals surface area contributed by atoms with E-state index in [1.54, 1.807) is 18.2 Å². The number of rotatable bonds is 5. The van der Waals surface area contributed by atoms with E-state index in [2.05, 4.69) is 5.10 Å². The Kier molecular flexibility index (Phi) is 4.39. The fourth-order valence-corrected chi connectivity index (χ4v) is 3.49. The van der Waals surface area contributed by atoms with E-state index < -0.39 is 0 Å². The largest absolute Gasteiger partial charge is 0.467 e. The summed E-state index contributed by atoms with van der Waals surface area (Å²) in [5.41, 5.74) is 4.86. The molecule has 0 radical (unpaired) electrons. The molecule has 0 aliphatic heterocycles. The second-order valence-corrected chi connectivity index (χ2v) is 6.84. The van der Waals surface area contributed by atoms with Crippen LogP contribution in [0.15, 0.2) is 47.1 Å². The first-order valence-electron chi connectivity index (χ1n) is 9.04. The molecule has 0 N–H and O–H groups in total. The maximum atomic E-state index is 12.5. The Hall–Kier alpha value is -3.15. The lowest BCUT2D eigenvalue weighted by molar-refractivity contribution is -0.130. The van der Waals surface area contributed by atoms with Crippen LogP contribution in [0.1, 0.15) is 29.1 Å². The van der Waals surface area contributed by atoms with Crippen molar-refractivity contribution >= 4 is 22.5 Å². The second-order valence-electron chi connectivity index (χ2n) is 6.84. The molecule has 6 nitrogen and oxygen atoms in total. The van der Waals surface area contributed by atoms with Crippen LogP contribution in [0.4, 0.5) is 0 Å². The van der Waals surface area contributed by atoms with Crippen LogP contribution in [0.2, 0.25) is 0 Å². The number of benzene rings is 1. The van der Waals surface area contributed by atoms with Gasteiger partial charge >= 0.3 is 0 Å². The number of carbonyl (C=O) groups is 1. The summed E-state index contributed by atoms with van der Waals surface area (Å²) >= 11 is 0. The highest BCUT2D eigenvalue weighted by Crippen LogP contribution is 2.23. The standard InChI is InChI=1S/C21H22N4O2/c1-14-17(10-11-20(26)24(3)13-16-7-6-12-27-16)15(2)25-21(22-14)18-8-4-5-9-19(18)23-25/h4-9,12H,10-11,13H2,1-3H3. The van der Waals surface area contributed by atoms with Crippen molar-refractivity contribution in [1.29, 1.82) is 0 Å². The molecule has 0 atom stereocenters. The van der Waals surface area contributed by atoms with Gasteiger partial charge in [0.25, 0.3) is 0 Å². The zero-order chi connectivity index (χ0) is 19.0. The first kappa shape index (κ1) is 17.3. The molecule has 0 aliphatic rings. The van der Waals surface area contributed by atoms with Crippen LogP contribution in [0, 0.1) is 13.8 Å². The molecular formula is C21H22N4O2. The van der Waals surface area contributed by atoms with Crippen LogP contribution in [-0.4, -0.2) is 32.5 Å². The van der Waals surface area contributed by atoms with Crippen LogP contribution < -0.4 is 0 Å². The van der Waals surface area contributed by atoms with Gasteiger partial charge in [0.2, 0.25) is 5.91 Å². The number of aryl methyl sites for hydroxylation is 2. The van der Waals surface area contributed by atoms with Crippen molar-refractivity contribution in [3.05, 3.63) is 65.4 Å². The molecule has 27 heavy (non-hydrogen) atoms. The van der Waals surface area contributed by atoms with E-state index in [1.165, 1.54) is 0 Å². The molecule has 3 heterocycles. The van der Waals surface area contributed by atoms with Gasteiger partial charge < -0.3 is 9.32 Å². The summed E-state index contributed by atoms with van der Waals surface area (Å²) in [6.07, 6.45) is 2.68. The van der Waals surface area contributed by atoms with E-state index in [0.29, 0.717) is 19.4 Å². The van der Waals surface area contributed by atoms with Crippen molar-refractivity contribution in [3.63, 3.8) is 0 Å². The topological polar surface area (TPSA) is 63.6 Å². The molecule has 138 valence electrons. The van der Waals surface area contributed by atoms with E-state index in [-0.39, 0.29) is 5.91 Å². The van der Waals surface area contributed by atoms with Gasteiger partial charge in [-0.25, -0.2) is 9.50 Å². The molecule has 0 spiro atoms. The highest BCUT2D eigenvalue weighted by Gasteiger charge is 2.16. The van der Waals surface area contributed by atoms with E-state index in [1.807, 2.05) is 54.8 Å². The van der Waals surface area contributed by atoms with Gasteiger partial charge in [0.05, 0.1) is 18.3 Å². The molecule has 0 bridgehead atoms.